The molecule has 0 atom stereocenters. The Bertz CT molecular complexity index is 407. The molecule has 0 aliphatic carbocycles. The van der Waals surface area contributed by atoms with Gasteiger partial charge < -0.3 is 15.2 Å². The third kappa shape index (κ3) is 3.52. The largest absolute Gasteiger partial charge is 0.496 e. The number of Topliss-reactive ketones (excluding diaryl/α,β-unsaturated/α-hetero) is 1. The summed E-state index contributed by atoms with van der Waals surface area (Å²) in [6, 6.07) is 3.62. The molecule has 0 saturated heterocycles. The SMILES string of the molecule is COCc1cc(Br)cc(OC)c1C(=O)CCN. The third-order valence-electron chi connectivity index (χ3n) is 2.32. The molecule has 0 unspecified atom stereocenters. The molecule has 17 heavy (non-hydrogen) atoms. The van der Waals surface area contributed by atoms with Gasteiger partial charge in [0.25, 0.3) is 0 Å². The first kappa shape index (κ1) is 14.2. The van der Waals surface area contributed by atoms with Gasteiger partial charge in [0, 0.05) is 18.0 Å². The molecular formula is C12H16BrNO3. The van der Waals surface area contributed by atoms with Crippen molar-refractivity contribution in [2.24, 2.45) is 5.73 Å². The molecule has 0 heterocycles. The summed E-state index contributed by atoms with van der Waals surface area (Å²) in [7, 11) is 3.13. The van der Waals surface area contributed by atoms with Gasteiger partial charge in [-0.25, -0.2) is 0 Å². The second kappa shape index (κ2) is 6.74. The number of ether oxygens (including phenoxy) is 2. The lowest BCUT2D eigenvalue weighted by Crippen LogP contribution is -2.12. The van der Waals surface area contributed by atoms with Gasteiger partial charge in [0.15, 0.2) is 5.78 Å². The fourth-order valence-corrected chi connectivity index (χ4v) is 2.12. The molecule has 1 aromatic carbocycles. The molecule has 2 N–H and O–H groups in total. The Kier molecular flexibility index (Phi) is 5.61. The maximum Gasteiger partial charge on any atom is 0.168 e. The topological polar surface area (TPSA) is 61.5 Å². The van der Waals surface area contributed by atoms with Crippen molar-refractivity contribution in [2.45, 2.75) is 13.0 Å². The highest BCUT2D eigenvalue weighted by molar-refractivity contribution is 9.10. The molecule has 0 bridgehead atoms. The molecule has 0 aliphatic rings. The molecule has 1 aromatic rings. The van der Waals surface area contributed by atoms with E-state index in [0.717, 1.165) is 10.0 Å². The quantitative estimate of drug-likeness (QED) is 0.818. The first-order valence-electron chi connectivity index (χ1n) is 5.22. The van der Waals surface area contributed by atoms with Crippen molar-refractivity contribution in [1.82, 2.24) is 0 Å². The number of carbonyl (C=O) groups is 1. The summed E-state index contributed by atoms with van der Waals surface area (Å²) in [5, 5.41) is 0. The first-order valence-corrected chi connectivity index (χ1v) is 6.02. The zero-order valence-corrected chi connectivity index (χ0v) is 11.5. The highest BCUT2D eigenvalue weighted by Gasteiger charge is 2.17. The van der Waals surface area contributed by atoms with E-state index in [1.807, 2.05) is 6.07 Å². The molecule has 94 valence electrons. The van der Waals surface area contributed by atoms with Crippen LogP contribution in [0.3, 0.4) is 0 Å². The van der Waals surface area contributed by atoms with Gasteiger partial charge in [0.1, 0.15) is 5.75 Å². The van der Waals surface area contributed by atoms with Crippen LogP contribution in [-0.2, 0) is 11.3 Å². The highest BCUT2D eigenvalue weighted by atomic mass is 79.9. The van der Waals surface area contributed by atoms with Crippen molar-refractivity contribution in [3.8, 4) is 5.75 Å². The monoisotopic (exact) mass is 301 g/mol. The van der Waals surface area contributed by atoms with Crippen LogP contribution in [0.4, 0.5) is 0 Å². The van der Waals surface area contributed by atoms with E-state index in [4.69, 9.17) is 15.2 Å². The second-order valence-electron chi connectivity index (χ2n) is 3.54. The van der Waals surface area contributed by atoms with E-state index in [1.54, 1.807) is 13.2 Å². The van der Waals surface area contributed by atoms with Crippen LogP contribution in [0, 0.1) is 0 Å². The number of nitrogens with two attached hydrogens (primary N) is 1. The fourth-order valence-electron chi connectivity index (χ4n) is 1.64. The van der Waals surface area contributed by atoms with E-state index in [2.05, 4.69) is 15.9 Å². The smallest absolute Gasteiger partial charge is 0.168 e. The summed E-state index contributed by atoms with van der Waals surface area (Å²) in [5.74, 6) is 0.522. The Morgan fingerprint density at radius 1 is 1.41 bits per heavy atom. The van der Waals surface area contributed by atoms with Crippen molar-refractivity contribution >= 4 is 21.7 Å². The number of carbonyl (C=O) groups excluding carboxylic acids is 1. The van der Waals surface area contributed by atoms with Gasteiger partial charge in [-0.15, -0.1) is 0 Å². The molecule has 0 saturated carbocycles. The summed E-state index contributed by atoms with van der Waals surface area (Å²) < 4.78 is 11.2. The van der Waals surface area contributed by atoms with Crippen molar-refractivity contribution in [2.75, 3.05) is 20.8 Å². The van der Waals surface area contributed by atoms with Crippen LogP contribution >= 0.6 is 15.9 Å². The van der Waals surface area contributed by atoms with Crippen LogP contribution in [0.1, 0.15) is 22.3 Å². The molecule has 0 fully saturated rings. The van der Waals surface area contributed by atoms with Crippen LogP contribution in [-0.4, -0.2) is 26.5 Å². The van der Waals surface area contributed by atoms with Crippen LogP contribution in [0.25, 0.3) is 0 Å². The van der Waals surface area contributed by atoms with Gasteiger partial charge in [-0.2, -0.15) is 0 Å². The molecule has 0 amide bonds. The molecule has 0 spiro atoms. The van der Waals surface area contributed by atoms with E-state index in [1.165, 1.54) is 7.11 Å². The van der Waals surface area contributed by atoms with Crippen LogP contribution < -0.4 is 10.5 Å². The molecule has 1 rings (SSSR count). The summed E-state index contributed by atoms with van der Waals surface area (Å²) in [4.78, 5) is 12.0. The Labute approximate surface area is 109 Å². The average molecular weight is 302 g/mol. The van der Waals surface area contributed by atoms with E-state index in [-0.39, 0.29) is 5.78 Å². The number of hydrogen-bond donors (Lipinski definition) is 1. The normalized spacial score (nSPS) is 10.4. The molecular weight excluding hydrogens is 286 g/mol. The lowest BCUT2D eigenvalue weighted by atomic mass is 10.0. The van der Waals surface area contributed by atoms with Gasteiger partial charge in [0.05, 0.1) is 19.3 Å². The van der Waals surface area contributed by atoms with E-state index in [9.17, 15) is 4.79 Å². The average Bonchev–Trinajstić information content (AvgIpc) is 2.28. The maximum atomic E-state index is 12.0. The van der Waals surface area contributed by atoms with Crippen molar-refractivity contribution in [1.29, 1.82) is 0 Å². The third-order valence-corrected chi connectivity index (χ3v) is 2.78. The minimum absolute atomic E-state index is 0.0242. The minimum atomic E-state index is -0.0242. The van der Waals surface area contributed by atoms with Crippen molar-refractivity contribution in [3.05, 3.63) is 27.7 Å². The summed E-state index contributed by atoms with van der Waals surface area (Å²) >= 11 is 3.37. The molecule has 0 radical (unpaired) electrons. The molecule has 0 aliphatic heterocycles. The van der Waals surface area contributed by atoms with Gasteiger partial charge in [-0.1, -0.05) is 15.9 Å². The van der Waals surface area contributed by atoms with Gasteiger partial charge in [-0.3, -0.25) is 4.79 Å². The number of methoxy groups -OCH3 is 2. The van der Waals surface area contributed by atoms with Crippen LogP contribution in [0.2, 0.25) is 0 Å². The predicted molar refractivity (Wildman–Crippen MR) is 69.4 cm³/mol. The van der Waals surface area contributed by atoms with Gasteiger partial charge >= 0.3 is 0 Å². The second-order valence-corrected chi connectivity index (χ2v) is 4.45. The summed E-state index contributed by atoms with van der Waals surface area (Å²) in [6.07, 6.45) is 0.300. The fraction of sp³-hybridized carbons (Fsp3) is 0.417. The Balaban J connectivity index is 3.25. The van der Waals surface area contributed by atoms with E-state index in [0.29, 0.717) is 30.9 Å². The molecule has 5 heteroatoms. The number of hydrogen-bond acceptors (Lipinski definition) is 4. The number of rotatable bonds is 6. The Morgan fingerprint density at radius 3 is 2.65 bits per heavy atom. The van der Waals surface area contributed by atoms with E-state index >= 15 is 0 Å². The van der Waals surface area contributed by atoms with Crippen LogP contribution in [0.5, 0.6) is 5.75 Å². The van der Waals surface area contributed by atoms with E-state index < -0.39 is 0 Å². The Hall–Kier alpha value is -0.910. The summed E-state index contributed by atoms with van der Waals surface area (Å²) in [6.45, 7) is 0.686. The van der Waals surface area contributed by atoms with Crippen molar-refractivity contribution < 1.29 is 14.3 Å². The Morgan fingerprint density at radius 2 is 2.12 bits per heavy atom. The lowest BCUT2D eigenvalue weighted by molar-refractivity contribution is 0.0977. The van der Waals surface area contributed by atoms with Crippen molar-refractivity contribution in [3.63, 3.8) is 0 Å². The highest BCUT2D eigenvalue weighted by Crippen LogP contribution is 2.29. The zero-order valence-electron chi connectivity index (χ0n) is 9.96. The summed E-state index contributed by atoms with van der Waals surface area (Å²) in [5.41, 5.74) is 6.77. The maximum absolute atomic E-state index is 12.0. The number of halogens is 1. The van der Waals surface area contributed by atoms with Crippen LogP contribution in [0.15, 0.2) is 16.6 Å². The number of benzene rings is 1. The predicted octanol–water partition coefficient (Wildman–Crippen LogP) is 2.14. The lowest BCUT2D eigenvalue weighted by Gasteiger charge is -2.13. The van der Waals surface area contributed by atoms with Gasteiger partial charge in [-0.05, 0) is 24.2 Å². The number of ketones is 1. The standard InChI is InChI=1S/C12H16BrNO3/c1-16-7-8-5-9(13)6-11(17-2)12(8)10(15)3-4-14/h5-6H,3-4,7,14H2,1-2H3. The first-order chi connectivity index (χ1) is 8.13. The molecule has 4 nitrogen and oxygen atoms in total. The minimum Gasteiger partial charge on any atom is -0.496 e. The molecule has 0 aromatic heterocycles. The zero-order chi connectivity index (χ0) is 12.8. The van der Waals surface area contributed by atoms with Gasteiger partial charge in [0.2, 0.25) is 0 Å².